The predicted molar refractivity (Wildman–Crippen MR) is 109 cm³/mol. The van der Waals surface area contributed by atoms with Crippen LogP contribution in [0.4, 0.5) is 0 Å². The van der Waals surface area contributed by atoms with Crippen LogP contribution in [0.25, 0.3) is 0 Å². The Morgan fingerprint density at radius 3 is 2.32 bits per heavy atom. The number of aliphatic hydroxyl groups is 2. The van der Waals surface area contributed by atoms with Crippen molar-refractivity contribution in [2.45, 2.75) is 94.8 Å². The number of aliphatic hydroxyl groups excluding tert-OH is 2. The van der Waals surface area contributed by atoms with Crippen molar-refractivity contribution in [2.75, 3.05) is 5.75 Å². The fourth-order valence-electron chi connectivity index (χ4n) is 4.75. The van der Waals surface area contributed by atoms with Crippen molar-refractivity contribution in [2.24, 2.45) is 11.8 Å². The second-order valence-electron chi connectivity index (χ2n) is 8.52. The zero-order chi connectivity index (χ0) is 20.6. The first kappa shape index (κ1) is 23.2. The molecule has 1 aliphatic carbocycles. The van der Waals surface area contributed by atoms with Crippen LogP contribution in [-0.4, -0.2) is 46.8 Å². The largest absolute Gasteiger partial charge is 0.512 e. The Balaban J connectivity index is 1.82. The summed E-state index contributed by atoms with van der Waals surface area (Å²) in [6.07, 6.45) is 12.0. The van der Waals surface area contributed by atoms with Gasteiger partial charge in [-0.2, -0.15) is 0 Å². The molecule has 2 aliphatic rings. The summed E-state index contributed by atoms with van der Waals surface area (Å²) in [6, 6.07) is 0. The number of carboxylic acid groups (broad SMARTS) is 1. The zero-order valence-corrected chi connectivity index (χ0v) is 17.6. The van der Waals surface area contributed by atoms with Crippen molar-refractivity contribution >= 4 is 15.8 Å². The summed E-state index contributed by atoms with van der Waals surface area (Å²) in [5.74, 6) is -1.01. The fraction of sp³-hybridized carbons (Fsp3) is 0.857. The number of unbranched alkanes of at least 4 members (excludes halogenated alkanes) is 4. The minimum Gasteiger partial charge on any atom is -0.512 e. The maximum absolute atomic E-state index is 12.4. The minimum atomic E-state index is -3.43. The van der Waals surface area contributed by atoms with Crippen molar-refractivity contribution in [1.29, 1.82) is 0 Å². The van der Waals surface area contributed by atoms with Crippen molar-refractivity contribution in [1.82, 2.24) is 0 Å². The number of hydrogen-bond donors (Lipinski definition) is 3. The van der Waals surface area contributed by atoms with Gasteiger partial charge in [0.1, 0.15) is 0 Å². The topological polar surface area (TPSA) is 112 Å². The molecule has 2 rings (SSSR count). The number of hydrogen-bond acceptors (Lipinski definition) is 5. The maximum atomic E-state index is 12.4. The molecule has 0 radical (unpaired) electrons. The van der Waals surface area contributed by atoms with Crippen LogP contribution in [0.3, 0.4) is 0 Å². The molecule has 1 saturated heterocycles. The molecule has 0 unspecified atom stereocenters. The quantitative estimate of drug-likeness (QED) is 0.328. The normalized spacial score (nSPS) is 28.0. The van der Waals surface area contributed by atoms with Crippen molar-refractivity contribution in [3.8, 4) is 0 Å². The van der Waals surface area contributed by atoms with Gasteiger partial charge in [0.15, 0.2) is 9.84 Å². The van der Waals surface area contributed by atoms with Gasteiger partial charge >= 0.3 is 5.97 Å². The Kier molecular flexibility index (Phi) is 9.28. The molecule has 0 spiro atoms. The van der Waals surface area contributed by atoms with E-state index in [1.807, 2.05) is 0 Å². The van der Waals surface area contributed by atoms with Crippen LogP contribution in [-0.2, 0) is 14.6 Å². The van der Waals surface area contributed by atoms with E-state index in [2.05, 4.69) is 0 Å². The Morgan fingerprint density at radius 2 is 1.64 bits per heavy atom. The van der Waals surface area contributed by atoms with Crippen LogP contribution in [0.1, 0.15) is 83.5 Å². The number of allylic oxidation sites excluding steroid dienone is 1. The van der Waals surface area contributed by atoms with Crippen molar-refractivity contribution < 1.29 is 28.5 Å². The van der Waals surface area contributed by atoms with Gasteiger partial charge in [-0.05, 0) is 37.7 Å². The van der Waals surface area contributed by atoms with Crippen molar-refractivity contribution in [3.63, 3.8) is 0 Å². The summed E-state index contributed by atoms with van der Waals surface area (Å²) in [6.45, 7) is 0. The zero-order valence-electron chi connectivity index (χ0n) is 16.8. The van der Waals surface area contributed by atoms with Gasteiger partial charge in [-0.3, -0.25) is 4.79 Å². The summed E-state index contributed by atoms with van der Waals surface area (Å²) >= 11 is 0. The number of carboxylic acids is 1. The highest BCUT2D eigenvalue weighted by atomic mass is 32.2. The van der Waals surface area contributed by atoms with Crippen LogP contribution in [0.15, 0.2) is 11.8 Å². The molecule has 1 saturated carbocycles. The lowest BCUT2D eigenvalue weighted by molar-refractivity contribution is -0.137. The third-order valence-electron chi connectivity index (χ3n) is 6.29. The summed E-state index contributed by atoms with van der Waals surface area (Å²) < 4.78 is 24.8. The molecule has 0 aromatic heterocycles. The van der Waals surface area contributed by atoms with E-state index in [-0.39, 0.29) is 17.9 Å². The molecule has 0 amide bonds. The lowest BCUT2D eigenvalue weighted by atomic mass is 9.92. The molecule has 0 aromatic rings. The third kappa shape index (κ3) is 7.07. The smallest absolute Gasteiger partial charge is 0.303 e. The monoisotopic (exact) mass is 416 g/mol. The maximum Gasteiger partial charge on any atom is 0.303 e. The van der Waals surface area contributed by atoms with E-state index < -0.39 is 33.1 Å². The van der Waals surface area contributed by atoms with E-state index in [0.717, 1.165) is 31.6 Å². The first-order valence-electron chi connectivity index (χ1n) is 10.8. The van der Waals surface area contributed by atoms with Gasteiger partial charge in [0.2, 0.25) is 0 Å². The first-order chi connectivity index (χ1) is 13.3. The minimum absolute atomic E-state index is 0.0240. The van der Waals surface area contributed by atoms with Gasteiger partial charge < -0.3 is 15.3 Å². The van der Waals surface area contributed by atoms with Crippen LogP contribution < -0.4 is 0 Å². The third-order valence-corrected chi connectivity index (χ3v) is 8.55. The van der Waals surface area contributed by atoms with Crippen LogP contribution in [0.5, 0.6) is 0 Å². The molecule has 7 heteroatoms. The predicted octanol–water partition coefficient (Wildman–Crippen LogP) is 3.99. The van der Waals surface area contributed by atoms with E-state index in [4.69, 9.17) is 5.11 Å². The fourth-order valence-corrected chi connectivity index (χ4v) is 6.97. The molecule has 0 aromatic carbocycles. The van der Waals surface area contributed by atoms with E-state index in [0.29, 0.717) is 25.7 Å². The number of rotatable bonds is 12. The Labute approximate surface area is 169 Å². The Hall–Kier alpha value is -1.08. The molecule has 6 nitrogen and oxygen atoms in total. The molecule has 3 atom stereocenters. The van der Waals surface area contributed by atoms with Gasteiger partial charge in [-0.25, -0.2) is 8.42 Å². The highest BCUT2D eigenvalue weighted by molar-refractivity contribution is 7.92. The first-order valence-corrected chi connectivity index (χ1v) is 12.5. The molecule has 162 valence electrons. The van der Waals surface area contributed by atoms with Gasteiger partial charge in [0, 0.05) is 6.42 Å². The molecular weight excluding hydrogens is 380 g/mol. The molecule has 28 heavy (non-hydrogen) atoms. The Morgan fingerprint density at radius 1 is 0.964 bits per heavy atom. The average molecular weight is 417 g/mol. The molecule has 0 bridgehead atoms. The van der Waals surface area contributed by atoms with E-state index in [9.17, 15) is 23.4 Å². The van der Waals surface area contributed by atoms with E-state index in [1.165, 1.54) is 25.7 Å². The Bertz CT molecular complexity index is 621. The number of aliphatic carboxylic acids is 1. The highest BCUT2D eigenvalue weighted by Crippen LogP contribution is 2.36. The molecule has 2 fully saturated rings. The highest BCUT2D eigenvalue weighted by Gasteiger charge is 2.47. The van der Waals surface area contributed by atoms with Gasteiger partial charge in [-0.15, -0.1) is 0 Å². The molecule has 1 aliphatic heterocycles. The number of sulfone groups is 1. The molecule has 1 heterocycles. The summed E-state index contributed by atoms with van der Waals surface area (Å²) in [7, 11) is -3.43. The summed E-state index contributed by atoms with van der Waals surface area (Å²) in [5.41, 5.74) is 0. The SMILES string of the molecule is O=C(O)CCCCCC[C@H]1[C@@H](/C(O)=C\CCCC2CCCC2)[C@@H](O)CS1(=O)=O. The average Bonchev–Trinajstić information content (AvgIpc) is 3.20. The standard InChI is InChI=1S/C21H36O6S/c22-17(12-8-7-11-16-9-5-6-10-16)21-18(23)15-28(26,27)19(21)13-3-1-2-4-14-20(24)25/h12,16,18-19,21-23H,1-11,13-15H2,(H,24,25)/b17-12+/t18-,19-,21-/m0/s1. The number of carbonyl (C=O) groups is 1. The van der Waals surface area contributed by atoms with Gasteiger partial charge in [0.25, 0.3) is 0 Å². The van der Waals surface area contributed by atoms with Crippen molar-refractivity contribution in [3.05, 3.63) is 11.8 Å². The molecular formula is C21H36O6S. The summed E-state index contributed by atoms with van der Waals surface area (Å²) in [4.78, 5) is 10.5. The van der Waals surface area contributed by atoms with Gasteiger partial charge in [0.05, 0.1) is 28.8 Å². The van der Waals surface area contributed by atoms with Crippen LogP contribution in [0, 0.1) is 11.8 Å². The molecule has 3 N–H and O–H groups in total. The lowest BCUT2D eigenvalue weighted by Gasteiger charge is -2.20. The van der Waals surface area contributed by atoms with Gasteiger partial charge in [-0.1, -0.05) is 51.4 Å². The summed E-state index contributed by atoms with van der Waals surface area (Å²) in [5, 5.41) is 28.6. The second-order valence-corrected chi connectivity index (χ2v) is 10.8. The van der Waals surface area contributed by atoms with Crippen LogP contribution >= 0.6 is 0 Å². The van der Waals surface area contributed by atoms with E-state index >= 15 is 0 Å². The van der Waals surface area contributed by atoms with Crippen LogP contribution in [0.2, 0.25) is 0 Å². The lowest BCUT2D eigenvalue weighted by Crippen LogP contribution is -2.27. The second kappa shape index (κ2) is 11.2. The van der Waals surface area contributed by atoms with E-state index in [1.54, 1.807) is 6.08 Å².